The first kappa shape index (κ1) is 21.1. The second kappa shape index (κ2) is 8.41. The van der Waals surface area contributed by atoms with Crippen LogP contribution in [0.4, 0.5) is 4.79 Å². The van der Waals surface area contributed by atoms with Gasteiger partial charge in [0, 0.05) is 5.56 Å². The highest BCUT2D eigenvalue weighted by atomic mass is 35.5. The van der Waals surface area contributed by atoms with E-state index in [0.29, 0.717) is 12.2 Å². The molecule has 156 valence electrons. The second-order valence-corrected chi connectivity index (χ2v) is 7.78. The summed E-state index contributed by atoms with van der Waals surface area (Å²) in [6.07, 6.45) is 3.24. The molecule has 1 aliphatic carbocycles. The fourth-order valence-corrected chi connectivity index (χ4v) is 4.14. The molecule has 29 heavy (non-hydrogen) atoms. The number of carbonyl (C=O) groups excluding carboxylic acids is 4. The monoisotopic (exact) mass is 422 g/mol. The number of Topliss-reactive ketones (excluding diaryl/α,β-unsaturated/α-hetero) is 1. The molecule has 8 nitrogen and oxygen atoms in total. The summed E-state index contributed by atoms with van der Waals surface area (Å²) in [5.74, 6) is -1.28. The molecule has 1 aromatic rings. The highest BCUT2D eigenvalue weighted by molar-refractivity contribution is 6.32. The van der Waals surface area contributed by atoms with Crippen molar-refractivity contribution >= 4 is 35.3 Å². The molecule has 0 aromatic heterocycles. The van der Waals surface area contributed by atoms with E-state index in [1.807, 2.05) is 6.92 Å². The third kappa shape index (κ3) is 4.07. The largest absolute Gasteiger partial charge is 0.495 e. The van der Waals surface area contributed by atoms with Crippen LogP contribution in [-0.4, -0.2) is 54.4 Å². The molecular formula is C20H23ClN2O6. The van der Waals surface area contributed by atoms with E-state index >= 15 is 0 Å². The molecule has 1 aliphatic heterocycles. The molecule has 2 atom stereocenters. The van der Waals surface area contributed by atoms with Crippen LogP contribution >= 0.6 is 11.6 Å². The zero-order valence-corrected chi connectivity index (χ0v) is 17.1. The van der Waals surface area contributed by atoms with Crippen LogP contribution in [0.15, 0.2) is 18.2 Å². The van der Waals surface area contributed by atoms with Gasteiger partial charge >= 0.3 is 12.0 Å². The first-order valence-corrected chi connectivity index (χ1v) is 9.83. The van der Waals surface area contributed by atoms with Crippen LogP contribution in [-0.2, 0) is 14.3 Å². The number of hydrogen-bond donors (Lipinski definition) is 1. The first-order valence-electron chi connectivity index (χ1n) is 9.45. The normalized spacial score (nSPS) is 23.8. The maximum Gasteiger partial charge on any atom is 0.326 e. The summed E-state index contributed by atoms with van der Waals surface area (Å²) in [5.41, 5.74) is -0.681. The standard InChI is InChI=1S/C20H23ClN2O6/c1-12-5-3-4-8-20(12)18(26)23(19(27)22-20)10-17(25)29-11-15(24)13-6-7-16(28-2)14(21)9-13/h6-7,9,12H,3-5,8,10-11H2,1-2H3,(H,22,27). The fourth-order valence-electron chi connectivity index (χ4n) is 3.88. The molecule has 2 fully saturated rings. The summed E-state index contributed by atoms with van der Waals surface area (Å²) in [4.78, 5) is 50.4. The van der Waals surface area contributed by atoms with E-state index in [-0.39, 0.29) is 16.5 Å². The van der Waals surface area contributed by atoms with E-state index in [1.54, 1.807) is 0 Å². The Balaban J connectivity index is 1.58. The van der Waals surface area contributed by atoms with Gasteiger partial charge < -0.3 is 14.8 Å². The maximum absolute atomic E-state index is 12.8. The van der Waals surface area contributed by atoms with Crippen LogP contribution in [0.5, 0.6) is 5.75 Å². The number of hydrogen-bond acceptors (Lipinski definition) is 6. The lowest BCUT2D eigenvalue weighted by Gasteiger charge is -2.36. The number of benzene rings is 1. The highest BCUT2D eigenvalue weighted by Crippen LogP contribution is 2.38. The van der Waals surface area contributed by atoms with E-state index < -0.39 is 42.4 Å². The number of nitrogens with one attached hydrogen (secondary N) is 1. The van der Waals surface area contributed by atoms with Gasteiger partial charge in [-0.3, -0.25) is 19.3 Å². The minimum absolute atomic E-state index is 0.00452. The van der Waals surface area contributed by atoms with Crippen molar-refractivity contribution in [2.75, 3.05) is 20.3 Å². The third-order valence-corrected chi connectivity index (χ3v) is 5.92. The van der Waals surface area contributed by atoms with Gasteiger partial charge in [-0.1, -0.05) is 31.4 Å². The summed E-state index contributed by atoms with van der Waals surface area (Å²) in [6, 6.07) is 3.86. The lowest BCUT2D eigenvalue weighted by atomic mass is 9.73. The quantitative estimate of drug-likeness (QED) is 0.429. The van der Waals surface area contributed by atoms with Gasteiger partial charge in [0.15, 0.2) is 12.4 Å². The van der Waals surface area contributed by atoms with Crippen molar-refractivity contribution in [1.29, 1.82) is 0 Å². The predicted octanol–water partition coefficient (Wildman–Crippen LogP) is 2.58. The minimum atomic E-state index is -0.939. The van der Waals surface area contributed by atoms with Gasteiger partial charge in [0.1, 0.15) is 17.8 Å². The van der Waals surface area contributed by atoms with E-state index in [2.05, 4.69) is 5.32 Å². The Bertz CT molecular complexity index is 857. The van der Waals surface area contributed by atoms with E-state index in [9.17, 15) is 19.2 Å². The molecule has 1 saturated heterocycles. The van der Waals surface area contributed by atoms with Crippen LogP contribution in [0.3, 0.4) is 0 Å². The molecule has 9 heteroatoms. The van der Waals surface area contributed by atoms with Crippen molar-refractivity contribution < 1.29 is 28.7 Å². The Hall–Kier alpha value is -2.61. The molecule has 2 aliphatic rings. The number of nitrogens with zero attached hydrogens (tertiary/aromatic N) is 1. The van der Waals surface area contributed by atoms with Gasteiger partial charge in [-0.05, 0) is 37.0 Å². The van der Waals surface area contributed by atoms with Crippen LogP contribution in [0.25, 0.3) is 0 Å². The molecule has 1 N–H and O–H groups in total. The van der Waals surface area contributed by atoms with Gasteiger partial charge in [0.05, 0.1) is 12.1 Å². The number of ketones is 1. The topological polar surface area (TPSA) is 102 Å². The molecule has 1 heterocycles. The summed E-state index contributed by atoms with van der Waals surface area (Å²) in [6.45, 7) is 0.875. The second-order valence-electron chi connectivity index (χ2n) is 7.37. The number of ether oxygens (including phenoxy) is 2. The summed E-state index contributed by atoms with van der Waals surface area (Å²) in [7, 11) is 1.46. The van der Waals surface area contributed by atoms with Crippen LogP contribution in [0.2, 0.25) is 5.02 Å². The average molecular weight is 423 g/mol. The van der Waals surface area contributed by atoms with Gasteiger partial charge in [-0.25, -0.2) is 4.79 Å². The molecule has 1 saturated carbocycles. The number of rotatable bonds is 6. The Morgan fingerprint density at radius 2 is 2.07 bits per heavy atom. The van der Waals surface area contributed by atoms with Gasteiger partial charge in [0.2, 0.25) is 0 Å². The Morgan fingerprint density at radius 1 is 1.31 bits per heavy atom. The predicted molar refractivity (Wildman–Crippen MR) is 104 cm³/mol. The van der Waals surface area contributed by atoms with Crippen molar-refractivity contribution in [3.05, 3.63) is 28.8 Å². The lowest BCUT2D eigenvalue weighted by Crippen LogP contribution is -2.54. The molecular weight excluding hydrogens is 400 g/mol. The van der Waals surface area contributed by atoms with Gasteiger partial charge in [0.25, 0.3) is 5.91 Å². The maximum atomic E-state index is 12.8. The molecule has 1 aromatic carbocycles. The molecule has 2 unspecified atom stereocenters. The van der Waals surface area contributed by atoms with Gasteiger partial charge in [-0.2, -0.15) is 0 Å². The summed E-state index contributed by atoms with van der Waals surface area (Å²) < 4.78 is 10.0. The number of esters is 1. The summed E-state index contributed by atoms with van der Waals surface area (Å²) in [5, 5.41) is 3.03. The molecule has 0 radical (unpaired) electrons. The number of amides is 3. The number of imide groups is 1. The van der Waals surface area contributed by atoms with Crippen molar-refractivity contribution in [3.8, 4) is 5.75 Å². The highest BCUT2D eigenvalue weighted by Gasteiger charge is 2.55. The number of carbonyl (C=O) groups is 4. The minimum Gasteiger partial charge on any atom is -0.495 e. The van der Waals surface area contributed by atoms with E-state index in [4.69, 9.17) is 21.1 Å². The zero-order valence-electron chi connectivity index (χ0n) is 16.3. The molecule has 3 amide bonds. The van der Waals surface area contributed by atoms with Crippen molar-refractivity contribution in [3.63, 3.8) is 0 Å². The van der Waals surface area contributed by atoms with E-state index in [1.165, 1.54) is 25.3 Å². The Morgan fingerprint density at radius 3 is 2.72 bits per heavy atom. The zero-order chi connectivity index (χ0) is 21.2. The molecule has 0 bridgehead atoms. The van der Waals surface area contributed by atoms with Crippen LogP contribution in [0.1, 0.15) is 43.0 Å². The van der Waals surface area contributed by atoms with Crippen molar-refractivity contribution in [2.45, 2.75) is 38.1 Å². The fraction of sp³-hybridized carbons (Fsp3) is 0.500. The van der Waals surface area contributed by atoms with Crippen LogP contribution in [0, 0.1) is 5.92 Å². The van der Waals surface area contributed by atoms with E-state index in [0.717, 1.165) is 24.2 Å². The van der Waals surface area contributed by atoms with Crippen LogP contribution < -0.4 is 10.1 Å². The third-order valence-electron chi connectivity index (χ3n) is 5.63. The Labute approximate surface area is 173 Å². The van der Waals surface area contributed by atoms with Gasteiger partial charge in [-0.15, -0.1) is 0 Å². The molecule has 3 rings (SSSR count). The van der Waals surface area contributed by atoms with Crippen molar-refractivity contribution in [2.24, 2.45) is 5.92 Å². The average Bonchev–Trinajstić information content (AvgIpc) is 2.93. The number of methoxy groups -OCH3 is 1. The number of urea groups is 1. The lowest BCUT2D eigenvalue weighted by molar-refractivity contribution is -0.147. The van der Waals surface area contributed by atoms with Crippen molar-refractivity contribution in [1.82, 2.24) is 10.2 Å². The smallest absolute Gasteiger partial charge is 0.326 e. The SMILES string of the molecule is COc1ccc(C(=O)COC(=O)CN2C(=O)NC3(CCCCC3C)C2=O)cc1Cl. The first-order chi connectivity index (χ1) is 13.8. The number of halogens is 1. The molecule has 1 spiro atoms. The Kier molecular flexibility index (Phi) is 6.12. The summed E-state index contributed by atoms with van der Waals surface area (Å²) >= 11 is 5.99.